The van der Waals surface area contributed by atoms with Gasteiger partial charge in [0.25, 0.3) is 0 Å². The number of ether oxygens (including phenoxy) is 2. The molecule has 0 aliphatic carbocycles. The second-order valence-corrected chi connectivity index (χ2v) is 11.5. The molecule has 42 heavy (non-hydrogen) atoms. The maximum Gasteiger partial charge on any atom is 0.319 e. The Kier molecular flexibility index (Phi) is 6.79. The number of benzene rings is 3. The lowest BCUT2D eigenvalue weighted by Gasteiger charge is -2.31. The predicted octanol–water partition coefficient (Wildman–Crippen LogP) is 6.03. The topological polar surface area (TPSA) is 75.3 Å². The Labute approximate surface area is 242 Å². The summed E-state index contributed by atoms with van der Waals surface area (Å²) in [6.45, 7) is 11.7. The number of hydrogen-bond acceptors (Lipinski definition) is 7. The molecule has 1 N–H and O–H groups in total. The molecule has 4 heterocycles. The van der Waals surface area contributed by atoms with Gasteiger partial charge >= 0.3 is 6.01 Å². The van der Waals surface area contributed by atoms with Crippen molar-refractivity contribution in [3.05, 3.63) is 59.7 Å². The molecule has 0 bridgehead atoms. The molecule has 0 spiro atoms. The molecule has 3 aliphatic rings. The summed E-state index contributed by atoms with van der Waals surface area (Å²) in [7, 11) is 0. The van der Waals surface area contributed by atoms with E-state index in [1.165, 1.54) is 6.07 Å². The molecule has 7 rings (SSSR count). The number of aromatic hydroxyl groups is 1. The standard InChI is InChI=1S/C32H31F2N5O3/c1-35-26-16-25-29(28(34)27(26)24-15-22(40)14-20-6-2-3-7-23(20)24)36-31(37-30(25)38-9-5-12-41-13-11-38)42-19-32-8-4-10-39(32)18-21(33)17-32/h2-3,6-7,14-16,21,40H,4-5,8-13,17-19H2/t21-,32+/m1/s1. The minimum Gasteiger partial charge on any atom is -0.508 e. The minimum absolute atomic E-state index is 0.0207. The summed E-state index contributed by atoms with van der Waals surface area (Å²) in [6, 6.07) is 12.1. The second kappa shape index (κ2) is 10.6. The molecule has 1 aromatic heterocycles. The summed E-state index contributed by atoms with van der Waals surface area (Å²) in [6.07, 6.45) is 2.07. The third-order valence-electron chi connectivity index (χ3n) is 8.86. The normalized spacial score (nSPS) is 22.8. The first-order valence-electron chi connectivity index (χ1n) is 14.4. The second-order valence-electron chi connectivity index (χ2n) is 11.5. The number of nitrogens with zero attached hydrogens (tertiary/aromatic N) is 5. The number of rotatable bonds is 5. The lowest BCUT2D eigenvalue weighted by atomic mass is 9.94. The SMILES string of the molecule is [C-]#[N+]c1cc2c(N3CCCOCC3)nc(OC[C@@]34CCCN3C[C@H](F)C4)nc2c(F)c1-c1cc(O)cc2ccccc12. The van der Waals surface area contributed by atoms with E-state index in [0.29, 0.717) is 61.4 Å². The molecule has 0 radical (unpaired) electrons. The molecular weight excluding hydrogens is 540 g/mol. The van der Waals surface area contributed by atoms with Gasteiger partial charge in [-0.05, 0) is 60.3 Å². The molecule has 3 saturated heterocycles. The largest absolute Gasteiger partial charge is 0.508 e. The molecule has 4 aromatic rings. The molecule has 216 valence electrons. The first-order valence-corrected chi connectivity index (χ1v) is 14.4. The van der Waals surface area contributed by atoms with Gasteiger partial charge in [0.15, 0.2) is 5.69 Å². The fraction of sp³-hybridized carbons (Fsp3) is 0.406. The fourth-order valence-electron chi connectivity index (χ4n) is 6.93. The van der Waals surface area contributed by atoms with Crippen LogP contribution in [0.25, 0.3) is 37.6 Å². The van der Waals surface area contributed by atoms with Crippen LogP contribution in [0.2, 0.25) is 0 Å². The van der Waals surface area contributed by atoms with E-state index in [0.717, 1.165) is 31.2 Å². The van der Waals surface area contributed by atoms with Crippen LogP contribution in [0.1, 0.15) is 25.7 Å². The average molecular weight is 572 g/mol. The van der Waals surface area contributed by atoms with Crippen LogP contribution in [-0.2, 0) is 4.74 Å². The van der Waals surface area contributed by atoms with Crippen LogP contribution in [-0.4, -0.2) is 77.7 Å². The monoisotopic (exact) mass is 571 g/mol. The average Bonchev–Trinajstić information content (AvgIpc) is 3.37. The Morgan fingerprint density at radius 2 is 1.98 bits per heavy atom. The van der Waals surface area contributed by atoms with Gasteiger partial charge in [-0.15, -0.1) is 0 Å². The number of anilines is 1. The molecule has 0 unspecified atom stereocenters. The fourth-order valence-corrected chi connectivity index (χ4v) is 6.93. The van der Waals surface area contributed by atoms with Crippen LogP contribution >= 0.6 is 0 Å². The van der Waals surface area contributed by atoms with Crippen molar-refractivity contribution in [3.63, 3.8) is 0 Å². The van der Waals surface area contributed by atoms with E-state index in [4.69, 9.17) is 21.0 Å². The summed E-state index contributed by atoms with van der Waals surface area (Å²) in [5, 5.41) is 12.3. The van der Waals surface area contributed by atoms with Gasteiger partial charge in [-0.2, -0.15) is 9.97 Å². The summed E-state index contributed by atoms with van der Waals surface area (Å²) < 4.78 is 43.1. The van der Waals surface area contributed by atoms with Crippen molar-refractivity contribution in [3.8, 4) is 22.9 Å². The van der Waals surface area contributed by atoms with Crippen molar-refractivity contribution in [2.75, 3.05) is 50.9 Å². The highest BCUT2D eigenvalue weighted by Gasteiger charge is 2.49. The minimum atomic E-state index is -0.900. The van der Waals surface area contributed by atoms with Crippen LogP contribution in [0, 0.1) is 12.4 Å². The van der Waals surface area contributed by atoms with Gasteiger partial charge in [0, 0.05) is 43.6 Å². The maximum atomic E-state index is 16.8. The third-order valence-corrected chi connectivity index (χ3v) is 8.86. The number of halogens is 2. The number of hydrogen-bond donors (Lipinski definition) is 1. The molecule has 10 heteroatoms. The number of phenols is 1. The zero-order valence-electron chi connectivity index (χ0n) is 23.2. The summed E-state index contributed by atoms with van der Waals surface area (Å²) in [4.78, 5) is 17.2. The van der Waals surface area contributed by atoms with Gasteiger partial charge in [0.1, 0.15) is 35.7 Å². The van der Waals surface area contributed by atoms with E-state index in [1.54, 1.807) is 12.1 Å². The lowest BCUT2D eigenvalue weighted by Crippen LogP contribution is -2.43. The van der Waals surface area contributed by atoms with Gasteiger partial charge in [-0.25, -0.2) is 13.6 Å². The van der Waals surface area contributed by atoms with Gasteiger partial charge in [-0.1, -0.05) is 24.3 Å². The summed E-state index contributed by atoms with van der Waals surface area (Å²) >= 11 is 0. The van der Waals surface area contributed by atoms with Crippen LogP contribution in [0.4, 0.5) is 20.3 Å². The first kappa shape index (κ1) is 26.8. The molecule has 3 aliphatic heterocycles. The first-order chi connectivity index (χ1) is 20.5. The quantitative estimate of drug-likeness (QED) is 0.293. The Morgan fingerprint density at radius 1 is 1.10 bits per heavy atom. The van der Waals surface area contributed by atoms with Crippen molar-refractivity contribution in [2.24, 2.45) is 0 Å². The molecule has 0 amide bonds. The molecule has 0 saturated carbocycles. The van der Waals surface area contributed by atoms with Crippen LogP contribution < -0.4 is 9.64 Å². The number of alkyl halides is 1. The highest BCUT2D eigenvalue weighted by Crippen LogP contribution is 2.45. The zero-order valence-corrected chi connectivity index (χ0v) is 23.2. The third kappa shape index (κ3) is 4.57. The van der Waals surface area contributed by atoms with Crippen molar-refractivity contribution >= 4 is 33.2 Å². The van der Waals surface area contributed by atoms with E-state index in [-0.39, 0.29) is 35.1 Å². The maximum absolute atomic E-state index is 16.8. The summed E-state index contributed by atoms with van der Waals surface area (Å²) in [5.41, 5.74) is 0.191. The van der Waals surface area contributed by atoms with E-state index < -0.39 is 17.5 Å². The van der Waals surface area contributed by atoms with Gasteiger partial charge in [0.2, 0.25) is 0 Å². The Morgan fingerprint density at radius 3 is 2.86 bits per heavy atom. The summed E-state index contributed by atoms with van der Waals surface area (Å²) in [5.74, 6) is -0.231. The van der Waals surface area contributed by atoms with E-state index in [9.17, 15) is 9.50 Å². The van der Waals surface area contributed by atoms with Crippen LogP contribution in [0.5, 0.6) is 11.8 Å². The molecule has 2 atom stereocenters. The smallest absolute Gasteiger partial charge is 0.319 e. The molecule has 3 aromatic carbocycles. The van der Waals surface area contributed by atoms with Crippen molar-refractivity contribution in [1.29, 1.82) is 0 Å². The van der Waals surface area contributed by atoms with Crippen molar-refractivity contribution < 1.29 is 23.4 Å². The zero-order chi connectivity index (χ0) is 28.8. The number of aromatic nitrogens is 2. The Balaban J connectivity index is 1.40. The lowest BCUT2D eigenvalue weighted by molar-refractivity contribution is 0.107. The van der Waals surface area contributed by atoms with Gasteiger partial charge in [0.05, 0.1) is 18.7 Å². The van der Waals surface area contributed by atoms with E-state index in [1.807, 2.05) is 29.2 Å². The van der Waals surface area contributed by atoms with Crippen molar-refractivity contribution in [1.82, 2.24) is 14.9 Å². The number of fused-ring (bicyclic) bond motifs is 3. The van der Waals surface area contributed by atoms with Gasteiger partial charge in [-0.3, -0.25) is 4.90 Å². The molecule has 8 nitrogen and oxygen atoms in total. The van der Waals surface area contributed by atoms with Crippen LogP contribution in [0.3, 0.4) is 0 Å². The van der Waals surface area contributed by atoms with E-state index in [2.05, 4.69) is 14.7 Å². The Hall–Kier alpha value is -4.07. The van der Waals surface area contributed by atoms with Gasteiger partial charge < -0.3 is 19.5 Å². The van der Waals surface area contributed by atoms with Crippen LogP contribution in [0.15, 0.2) is 42.5 Å². The Bertz CT molecular complexity index is 1720. The van der Waals surface area contributed by atoms with Crippen molar-refractivity contribution in [2.45, 2.75) is 37.4 Å². The highest BCUT2D eigenvalue weighted by molar-refractivity contribution is 6.05. The highest BCUT2D eigenvalue weighted by atomic mass is 19.1. The molecule has 3 fully saturated rings. The van der Waals surface area contributed by atoms with E-state index >= 15 is 4.39 Å². The number of phenolic OH excluding ortho intramolecular Hbond substituents is 1. The molecular formula is C32H31F2N5O3. The predicted molar refractivity (Wildman–Crippen MR) is 157 cm³/mol.